The van der Waals surface area contributed by atoms with E-state index in [1.807, 2.05) is 18.2 Å². The van der Waals surface area contributed by atoms with Gasteiger partial charge in [0.15, 0.2) is 0 Å². The number of halogens is 5. The maximum atomic E-state index is 14.8. The second-order valence-electron chi connectivity index (χ2n) is 9.68. The third-order valence-corrected chi connectivity index (χ3v) is 8.03. The van der Waals surface area contributed by atoms with Gasteiger partial charge in [-0.1, -0.05) is 42.5 Å². The quantitative estimate of drug-likeness (QED) is 0.277. The smallest absolute Gasteiger partial charge is 0.428 e. The van der Waals surface area contributed by atoms with Gasteiger partial charge in [-0.3, -0.25) is 4.21 Å². The normalized spacial score (nSPS) is 14.6. The van der Waals surface area contributed by atoms with Crippen molar-refractivity contribution in [1.82, 2.24) is 0 Å². The molecule has 0 fully saturated rings. The van der Waals surface area contributed by atoms with E-state index in [4.69, 9.17) is 0 Å². The average Bonchev–Trinajstić information content (AvgIpc) is 2.83. The second kappa shape index (κ2) is 11.0. The number of ether oxygens (including phenoxy) is 1. The van der Waals surface area contributed by atoms with Crippen molar-refractivity contribution in [3.05, 3.63) is 101 Å². The maximum Gasteiger partial charge on any atom is 0.461 e. The first-order valence-electron chi connectivity index (χ1n) is 11.4. The lowest BCUT2D eigenvalue weighted by Crippen LogP contribution is -2.41. The van der Waals surface area contributed by atoms with Gasteiger partial charge in [-0.2, -0.15) is 22.8 Å². The van der Waals surface area contributed by atoms with Crippen molar-refractivity contribution in [3.8, 4) is 11.8 Å². The summed E-state index contributed by atoms with van der Waals surface area (Å²) in [5.74, 6) is -1.82. The Balaban J connectivity index is 2.31. The summed E-state index contributed by atoms with van der Waals surface area (Å²) in [6.45, 7) is 5.33. The summed E-state index contributed by atoms with van der Waals surface area (Å²) >= 11 is 0. The number of rotatable bonds is 9. The summed E-state index contributed by atoms with van der Waals surface area (Å²) in [5, 5.41) is 9.26. The minimum Gasteiger partial charge on any atom is -0.428 e. The Morgan fingerprint density at radius 3 is 2.11 bits per heavy atom. The molecule has 0 heterocycles. The fraction of sp³-hybridized carbons (Fsp3) is 0.321. The Morgan fingerprint density at radius 1 is 0.946 bits per heavy atom. The summed E-state index contributed by atoms with van der Waals surface area (Å²) in [6.07, 6.45) is -8.79. The predicted octanol–water partition coefficient (Wildman–Crippen LogP) is 7.01. The molecule has 0 saturated heterocycles. The van der Waals surface area contributed by atoms with E-state index in [0.29, 0.717) is 17.2 Å². The van der Waals surface area contributed by atoms with Crippen LogP contribution >= 0.6 is 0 Å². The molecule has 3 nitrogen and oxygen atoms in total. The number of alkyl halides is 4. The molecule has 0 aliphatic carbocycles. The van der Waals surface area contributed by atoms with E-state index in [1.54, 1.807) is 63.2 Å². The standard InChI is InChI=1S/C28H26F5NO2S/c1-26(2,3)37(35)18-27(16-19-7-5-4-6-8-19,21-11-9-20(17-34)10-12-21)22-13-23(29)15-24(14-22)36-28(32,33)25(30)31/h4-15,25H,16,18H2,1-3H3/t27-,37?/m1/s1. The molecule has 3 rings (SSSR count). The Morgan fingerprint density at radius 2 is 1.57 bits per heavy atom. The molecule has 0 amide bonds. The topological polar surface area (TPSA) is 50.1 Å². The van der Waals surface area contributed by atoms with Crippen molar-refractivity contribution >= 4 is 10.8 Å². The lowest BCUT2D eigenvalue weighted by Gasteiger charge is -2.37. The first-order chi connectivity index (χ1) is 17.3. The first-order valence-corrected chi connectivity index (χ1v) is 12.7. The van der Waals surface area contributed by atoms with Gasteiger partial charge in [0.2, 0.25) is 0 Å². The average molecular weight is 536 g/mol. The van der Waals surface area contributed by atoms with Crippen LogP contribution in [0.2, 0.25) is 0 Å². The van der Waals surface area contributed by atoms with Crippen LogP contribution in [0.25, 0.3) is 0 Å². The highest BCUT2D eigenvalue weighted by Crippen LogP contribution is 2.41. The molecule has 0 aliphatic heterocycles. The summed E-state index contributed by atoms with van der Waals surface area (Å²) < 4.78 is 85.1. The van der Waals surface area contributed by atoms with Gasteiger partial charge in [0.05, 0.1) is 11.6 Å². The number of nitriles is 1. The van der Waals surface area contributed by atoms with Crippen LogP contribution in [0.15, 0.2) is 72.8 Å². The van der Waals surface area contributed by atoms with Gasteiger partial charge in [-0.15, -0.1) is 0 Å². The molecule has 0 N–H and O–H groups in total. The highest BCUT2D eigenvalue weighted by molar-refractivity contribution is 7.86. The second-order valence-corrected chi connectivity index (χ2v) is 11.9. The van der Waals surface area contributed by atoms with Gasteiger partial charge < -0.3 is 4.74 Å². The van der Waals surface area contributed by atoms with E-state index in [9.17, 15) is 31.4 Å². The number of benzene rings is 3. The van der Waals surface area contributed by atoms with Crippen LogP contribution in [0.5, 0.6) is 5.75 Å². The molecular weight excluding hydrogens is 509 g/mol. The first kappa shape index (κ1) is 28.3. The predicted molar refractivity (Wildman–Crippen MR) is 133 cm³/mol. The van der Waals surface area contributed by atoms with E-state index in [-0.39, 0.29) is 17.7 Å². The molecule has 2 atom stereocenters. The van der Waals surface area contributed by atoms with E-state index in [2.05, 4.69) is 4.74 Å². The molecule has 0 radical (unpaired) electrons. The minimum absolute atomic E-state index is 0.0502. The van der Waals surface area contributed by atoms with Crippen molar-refractivity contribution in [2.75, 3.05) is 5.75 Å². The summed E-state index contributed by atoms with van der Waals surface area (Å²) in [6, 6.07) is 20.2. The summed E-state index contributed by atoms with van der Waals surface area (Å²) in [5.41, 5.74) is 0.550. The fourth-order valence-corrected chi connectivity index (χ4v) is 5.25. The van der Waals surface area contributed by atoms with Crippen molar-refractivity contribution in [2.45, 2.75) is 49.9 Å². The zero-order chi connectivity index (χ0) is 27.4. The van der Waals surface area contributed by atoms with Crippen LogP contribution in [0.1, 0.15) is 43.0 Å². The van der Waals surface area contributed by atoms with Crippen LogP contribution in [0.3, 0.4) is 0 Å². The zero-order valence-corrected chi connectivity index (χ0v) is 21.3. The monoisotopic (exact) mass is 535 g/mol. The Hall–Kier alpha value is -3.25. The Bertz CT molecular complexity index is 1280. The van der Waals surface area contributed by atoms with Gasteiger partial charge in [0.1, 0.15) is 11.6 Å². The Labute approximate surface area is 215 Å². The van der Waals surface area contributed by atoms with E-state index >= 15 is 0 Å². The van der Waals surface area contributed by atoms with Crippen LogP contribution in [0.4, 0.5) is 22.0 Å². The molecular formula is C28H26F5NO2S. The summed E-state index contributed by atoms with van der Waals surface area (Å²) in [7, 11) is -1.52. The maximum absolute atomic E-state index is 14.8. The number of nitrogens with zero attached hydrogens (tertiary/aromatic N) is 1. The molecule has 37 heavy (non-hydrogen) atoms. The van der Waals surface area contributed by atoms with E-state index in [0.717, 1.165) is 17.7 Å². The largest absolute Gasteiger partial charge is 0.461 e. The highest BCUT2D eigenvalue weighted by atomic mass is 32.2. The molecule has 0 spiro atoms. The molecule has 1 unspecified atom stereocenters. The molecule has 3 aromatic carbocycles. The van der Waals surface area contributed by atoms with Crippen molar-refractivity contribution < 1.29 is 30.9 Å². The minimum atomic E-state index is -4.84. The number of hydrogen-bond acceptors (Lipinski definition) is 3. The van der Waals surface area contributed by atoms with Crippen LogP contribution in [0, 0.1) is 17.1 Å². The van der Waals surface area contributed by atoms with Crippen molar-refractivity contribution in [2.24, 2.45) is 0 Å². The van der Waals surface area contributed by atoms with Crippen molar-refractivity contribution in [1.29, 1.82) is 5.26 Å². The summed E-state index contributed by atoms with van der Waals surface area (Å²) in [4.78, 5) is 0. The lowest BCUT2D eigenvalue weighted by atomic mass is 9.71. The third-order valence-electron chi connectivity index (χ3n) is 5.91. The molecule has 0 bridgehead atoms. The van der Waals surface area contributed by atoms with Crippen LogP contribution in [-0.2, 0) is 22.6 Å². The third kappa shape index (κ3) is 6.75. The van der Waals surface area contributed by atoms with Crippen LogP contribution < -0.4 is 4.74 Å². The molecule has 0 aromatic heterocycles. The van der Waals surface area contributed by atoms with Gasteiger partial charge >= 0.3 is 12.5 Å². The van der Waals surface area contributed by atoms with Crippen molar-refractivity contribution in [3.63, 3.8) is 0 Å². The molecule has 0 saturated carbocycles. The van der Waals surface area contributed by atoms with Gasteiger partial charge in [-0.05, 0) is 68.1 Å². The molecule has 9 heteroatoms. The fourth-order valence-electron chi connectivity index (χ4n) is 3.94. The highest BCUT2D eigenvalue weighted by Gasteiger charge is 2.45. The lowest BCUT2D eigenvalue weighted by molar-refractivity contribution is -0.253. The van der Waals surface area contributed by atoms with Gasteiger partial charge in [-0.25, -0.2) is 4.39 Å². The van der Waals surface area contributed by atoms with Gasteiger partial charge in [0, 0.05) is 32.8 Å². The molecule has 3 aromatic rings. The van der Waals surface area contributed by atoms with E-state index in [1.165, 1.54) is 0 Å². The Kier molecular flexibility index (Phi) is 8.43. The molecule has 0 aliphatic rings. The zero-order valence-electron chi connectivity index (χ0n) is 20.5. The van der Waals surface area contributed by atoms with E-state index < -0.39 is 45.1 Å². The molecule has 196 valence electrons. The van der Waals surface area contributed by atoms with Gasteiger partial charge in [0.25, 0.3) is 0 Å². The SMILES string of the molecule is CC(C)(C)S(=O)C[C@](Cc1ccccc1)(c1ccc(C#N)cc1)c1cc(F)cc(OC(F)(F)C(F)F)c1. The van der Waals surface area contributed by atoms with Crippen LogP contribution in [-0.4, -0.2) is 27.2 Å². The number of hydrogen-bond donors (Lipinski definition) is 0.